The standard InChI is InChI=1S/C6H13FO2/c1-5(2)9-4-6(8)3-7/h5-6,8H,3-4H2,1-2H3. The van der Waals surface area contributed by atoms with E-state index in [2.05, 4.69) is 0 Å². The van der Waals surface area contributed by atoms with E-state index in [4.69, 9.17) is 9.84 Å². The quantitative estimate of drug-likeness (QED) is 0.617. The molecule has 0 fully saturated rings. The van der Waals surface area contributed by atoms with Gasteiger partial charge in [0.05, 0.1) is 12.7 Å². The van der Waals surface area contributed by atoms with Crippen molar-refractivity contribution in [2.45, 2.75) is 26.1 Å². The van der Waals surface area contributed by atoms with Crippen LogP contribution in [0.1, 0.15) is 13.8 Å². The molecule has 0 aliphatic rings. The molecule has 0 saturated carbocycles. The van der Waals surface area contributed by atoms with Crippen LogP contribution in [-0.2, 0) is 4.74 Å². The van der Waals surface area contributed by atoms with E-state index in [1.54, 1.807) is 0 Å². The van der Waals surface area contributed by atoms with E-state index in [1.807, 2.05) is 13.8 Å². The Morgan fingerprint density at radius 3 is 2.44 bits per heavy atom. The third-order valence-corrected chi connectivity index (χ3v) is 0.800. The number of hydrogen-bond donors (Lipinski definition) is 1. The molecule has 0 amide bonds. The largest absolute Gasteiger partial charge is 0.388 e. The molecule has 3 heteroatoms. The molecule has 0 aromatic heterocycles. The van der Waals surface area contributed by atoms with E-state index in [0.717, 1.165) is 0 Å². The average Bonchev–Trinajstić information content (AvgIpc) is 1.83. The van der Waals surface area contributed by atoms with E-state index in [1.165, 1.54) is 0 Å². The molecule has 0 aromatic carbocycles. The zero-order chi connectivity index (χ0) is 7.28. The van der Waals surface area contributed by atoms with Gasteiger partial charge >= 0.3 is 0 Å². The first-order valence-electron chi connectivity index (χ1n) is 3.02. The SMILES string of the molecule is CC(C)OCC(O)CF. The fourth-order valence-electron chi connectivity index (χ4n) is 0.348. The Morgan fingerprint density at radius 2 is 2.11 bits per heavy atom. The zero-order valence-electron chi connectivity index (χ0n) is 5.80. The Balaban J connectivity index is 3.06. The number of halogens is 1. The van der Waals surface area contributed by atoms with Crippen molar-refractivity contribution in [3.63, 3.8) is 0 Å². The first kappa shape index (κ1) is 8.85. The predicted molar refractivity (Wildman–Crippen MR) is 33.1 cm³/mol. The second kappa shape index (κ2) is 4.70. The highest BCUT2D eigenvalue weighted by atomic mass is 19.1. The van der Waals surface area contributed by atoms with Crippen LogP contribution >= 0.6 is 0 Å². The number of alkyl halides is 1. The molecule has 0 spiro atoms. The summed E-state index contributed by atoms with van der Waals surface area (Å²) in [6, 6.07) is 0. The van der Waals surface area contributed by atoms with Crippen LogP contribution in [0.3, 0.4) is 0 Å². The van der Waals surface area contributed by atoms with Gasteiger partial charge in [0.15, 0.2) is 0 Å². The molecule has 56 valence electrons. The molecule has 0 aromatic rings. The van der Waals surface area contributed by atoms with Crippen LogP contribution in [-0.4, -0.2) is 30.6 Å². The van der Waals surface area contributed by atoms with Gasteiger partial charge in [-0.25, -0.2) is 4.39 Å². The van der Waals surface area contributed by atoms with E-state index in [9.17, 15) is 4.39 Å². The lowest BCUT2D eigenvalue weighted by molar-refractivity contribution is -0.00330. The molecule has 0 heterocycles. The Labute approximate surface area is 54.6 Å². The molecule has 9 heavy (non-hydrogen) atoms. The van der Waals surface area contributed by atoms with Crippen molar-refractivity contribution in [1.29, 1.82) is 0 Å². The number of hydrogen-bond acceptors (Lipinski definition) is 2. The van der Waals surface area contributed by atoms with E-state index >= 15 is 0 Å². The second-order valence-corrected chi connectivity index (χ2v) is 2.19. The summed E-state index contributed by atoms with van der Waals surface area (Å²) in [4.78, 5) is 0. The summed E-state index contributed by atoms with van der Waals surface area (Å²) in [5.74, 6) is 0. The molecule has 1 unspecified atom stereocenters. The summed E-state index contributed by atoms with van der Waals surface area (Å²) < 4.78 is 16.4. The fraction of sp³-hybridized carbons (Fsp3) is 1.00. The number of rotatable bonds is 4. The number of aliphatic hydroxyl groups is 1. The molecule has 0 bridgehead atoms. The fourth-order valence-corrected chi connectivity index (χ4v) is 0.348. The van der Waals surface area contributed by atoms with E-state index in [0.29, 0.717) is 0 Å². The summed E-state index contributed by atoms with van der Waals surface area (Å²) in [6.45, 7) is 3.04. The molecule has 0 aliphatic heterocycles. The highest BCUT2D eigenvalue weighted by Gasteiger charge is 2.02. The molecule has 1 atom stereocenters. The first-order chi connectivity index (χ1) is 4.16. The molecular weight excluding hydrogens is 123 g/mol. The lowest BCUT2D eigenvalue weighted by Crippen LogP contribution is -2.19. The summed E-state index contributed by atoms with van der Waals surface area (Å²) in [7, 11) is 0. The minimum atomic E-state index is -0.951. The zero-order valence-corrected chi connectivity index (χ0v) is 5.80. The molecule has 0 aliphatic carbocycles. The maximum Gasteiger partial charge on any atom is 0.118 e. The van der Waals surface area contributed by atoms with Crippen LogP contribution < -0.4 is 0 Å². The minimum absolute atomic E-state index is 0.0613. The lowest BCUT2D eigenvalue weighted by Gasteiger charge is -2.09. The van der Waals surface area contributed by atoms with Gasteiger partial charge < -0.3 is 9.84 Å². The van der Waals surface area contributed by atoms with Crippen LogP contribution in [0, 0.1) is 0 Å². The minimum Gasteiger partial charge on any atom is -0.388 e. The summed E-state index contributed by atoms with van der Waals surface area (Å²) in [5, 5.41) is 8.61. The Bertz CT molecular complexity index is 66.1. The maximum absolute atomic E-state index is 11.5. The highest BCUT2D eigenvalue weighted by molar-refractivity contribution is 4.50. The van der Waals surface area contributed by atoms with Crippen LogP contribution in [0.4, 0.5) is 4.39 Å². The van der Waals surface area contributed by atoms with Gasteiger partial charge in [0.2, 0.25) is 0 Å². The number of aliphatic hydroxyl groups excluding tert-OH is 1. The summed E-state index contributed by atoms with van der Waals surface area (Å²) in [6.07, 6.45) is -0.890. The van der Waals surface area contributed by atoms with Crippen molar-refractivity contribution in [2.24, 2.45) is 0 Å². The maximum atomic E-state index is 11.5. The van der Waals surface area contributed by atoms with Crippen LogP contribution in [0.15, 0.2) is 0 Å². The van der Waals surface area contributed by atoms with Crippen LogP contribution in [0.25, 0.3) is 0 Å². The van der Waals surface area contributed by atoms with Crippen molar-refractivity contribution in [2.75, 3.05) is 13.3 Å². The van der Waals surface area contributed by atoms with Crippen LogP contribution in [0.5, 0.6) is 0 Å². The Hall–Kier alpha value is -0.150. The Kier molecular flexibility index (Phi) is 4.62. The van der Waals surface area contributed by atoms with Gasteiger partial charge in [-0.2, -0.15) is 0 Å². The third kappa shape index (κ3) is 5.73. The monoisotopic (exact) mass is 136 g/mol. The van der Waals surface area contributed by atoms with Gasteiger partial charge in [0, 0.05) is 0 Å². The Morgan fingerprint density at radius 1 is 1.56 bits per heavy atom. The van der Waals surface area contributed by atoms with Gasteiger partial charge in [0.1, 0.15) is 12.8 Å². The normalized spacial score (nSPS) is 14.3. The van der Waals surface area contributed by atoms with Crippen LogP contribution in [0.2, 0.25) is 0 Å². The first-order valence-corrected chi connectivity index (χ1v) is 3.02. The van der Waals surface area contributed by atoms with Crippen molar-refractivity contribution >= 4 is 0 Å². The number of ether oxygens (including phenoxy) is 1. The molecule has 0 radical (unpaired) electrons. The predicted octanol–water partition coefficient (Wildman–Crippen LogP) is 0.742. The van der Waals surface area contributed by atoms with Crippen molar-refractivity contribution in [3.05, 3.63) is 0 Å². The van der Waals surface area contributed by atoms with Gasteiger partial charge in [-0.3, -0.25) is 0 Å². The molecule has 0 rings (SSSR count). The van der Waals surface area contributed by atoms with Gasteiger partial charge in [-0.1, -0.05) is 0 Å². The molecule has 1 N–H and O–H groups in total. The molecule has 0 saturated heterocycles. The lowest BCUT2D eigenvalue weighted by atomic mass is 10.4. The highest BCUT2D eigenvalue weighted by Crippen LogP contribution is 1.91. The molecular formula is C6H13FO2. The van der Waals surface area contributed by atoms with E-state index in [-0.39, 0.29) is 12.7 Å². The van der Waals surface area contributed by atoms with E-state index < -0.39 is 12.8 Å². The van der Waals surface area contributed by atoms with Gasteiger partial charge in [-0.05, 0) is 13.8 Å². The van der Waals surface area contributed by atoms with Crippen molar-refractivity contribution < 1.29 is 14.2 Å². The topological polar surface area (TPSA) is 29.5 Å². The van der Waals surface area contributed by atoms with Crippen molar-refractivity contribution in [3.8, 4) is 0 Å². The van der Waals surface area contributed by atoms with Crippen molar-refractivity contribution in [1.82, 2.24) is 0 Å². The second-order valence-electron chi connectivity index (χ2n) is 2.19. The summed E-state index contributed by atoms with van der Waals surface area (Å²) in [5.41, 5.74) is 0. The van der Waals surface area contributed by atoms with Gasteiger partial charge in [0.25, 0.3) is 0 Å². The average molecular weight is 136 g/mol. The smallest absolute Gasteiger partial charge is 0.118 e. The molecule has 2 nitrogen and oxygen atoms in total. The third-order valence-electron chi connectivity index (χ3n) is 0.800. The van der Waals surface area contributed by atoms with Gasteiger partial charge in [-0.15, -0.1) is 0 Å². The summed E-state index contributed by atoms with van der Waals surface area (Å²) >= 11 is 0.